The topological polar surface area (TPSA) is 96.3 Å². The van der Waals surface area contributed by atoms with Crippen LogP contribution in [0.1, 0.15) is 0 Å². The van der Waals surface area contributed by atoms with E-state index in [1.165, 1.54) is 0 Å². The summed E-state index contributed by atoms with van der Waals surface area (Å²) in [6.07, 6.45) is 0. The molecule has 0 radical (unpaired) electrons. The van der Waals surface area contributed by atoms with Crippen LogP contribution < -0.4 is 10.2 Å². The van der Waals surface area contributed by atoms with Crippen LogP contribution in [0.25, 0.3) is 0 Å². The van der Waals surface area contributed by atoms with Gasteiger partial charge in [0, 0.05) is 0 Å². The summed E-state index contributed by atoms with van der Waals surface area (Å²) in [5, 5.41) is 25.6. The Bertz CT molecular complexity index is 112. The van der Waals surface area contributed by atoms with Gasteiger partial charge in [-0.25, -0.2) is 0 Å². The molecule has 0 saturated carbocycles. The Labute approximate surface area is 67.4 Å². The molecule has 0 aromatic heterocycles. The van der Waals surface area contributed by atoms with Gasteiger partial charge in [-0.1, -0.05) is 0 Å². The molecule has 0 fully saturated rings. The summed E-state index contributed by atoms with van der Waals surface area (Å²) in [7, 11) is 0. The third-order valence-electron chi connectivity index (χ3n) is 0.453. The van der Waals surface area contributed by atoms with E-state index in [2.05, 4.69) is 4.74 Å². The monoisotopic (exact) mass is 189 g/mol. The van der Waals surface area contributed by atoms with Crippen molar-refractivity contribution >= 4 is 11.9 Å². The van der Waals surface area contributed by atoms with Gasteiger partial charge < -0.3 is 25.2 Å². The molecule has 0 atom stereocenters. The number of carbonyl (C=O) groups is 1. The number of carbonyl (C=O) groups excluding carboxylic acids is 1. The largest absolute Gasteiger partial charge is 2.00 e. The fraction of sp³-hybridized carbons (Fsp3) is 0.500. The second kappa shape index (κ2) is 6.51. The summed E-state index contributed by atoms with van der Waals surface area (Å²) in [5.41, 5.74) is 0. The summed E-state index contributed by atoms with van der Waals surface area (Å²) in [6.45, 7) is -1.13. The average Bonchev–Trinajstić information content (AvgIpc) is 1.63. The van der Waals surface area contributed by atoms with Crippen molar-refractivity contribution in [1.82, 2.24) is 0 Å². The fourth-order valence-electron chi connectivity index (χ4n) is 0.227. The van der Waals surface area contributed by atoms with Crippen molar-refractivity contribution < 1.29 is 36.2 Å². The van der Waals surface area contributed by atoms with Crippen molar-refractivity contribution in [2.75, 3.05) is 13.2 Å². The number of carboxylic acids is 1. The SMILES string of the molecule is N=C([O-])COCC(=O)[O-].[Ni+2]. The molecule has 0 bridgehead atoms. The van der Waals surface area contributed by atoms with E-state index in [-0.39, 0.29) is 16.5 Å². The zero-order valence-electron chi connectivity index (χ0n) is 4.86. The van der Waals surface area contributed by atoms with Crippen LogP contribution >= 0.6 is 0 Å². The van der Waals surface area contributed by atoms with Gasteiger partial charge in [0.25, 0.3) is 0 Å². The predicted molar refractivity (Wildman–Crippen MR) is 23.6 cm³/mol. The van der Waals surface area contributed by atoms with E-state index in [1.54, 1.807) is 0 Å². The van der Waals surface area contributed by atoms with Gasteiger partial charge in [-0.15, -0.1) is 0 Å². The van der Waals surface area contributed by atoms with Gasteiger partial charge in [-0.05, 0) is 5.90 Å². The zero-order valence-corrected chi connectivity index (χ0v) is 5.85. The Morgan fingerprint density at radius 1 is 1.40 bits per heavy atom. The van der Waals surface area contributed by atoms with Gasteiger partial charge in [0.1, 0.15) is 0 Å². The first kappa shape index (κ1) is 12.1. The van der Waals surface area contributed by atoms with Gasteiger partial charge in [0.05, 0.1) is 19.2 Å². The summed E-state index contributed by atoms with van der Waals surface area (Å²) in [5.74, 6) is -2.34. The van der Waals surface area contributed by atoms with Crippen molar-refractivity contribution in [3.8, 4) is 0 Å². The van der Waals surface area contributed by atoms with Crippen LogP contribution in [-0.2, 0) is 26.0 Å². The molecule has 0 heterocycles. The van der Waals surface area contributed by atoms with Crippen LogP contribution in [0.15, 0.2) is 0 Å². The Morgan fingerprint density at radius 3 is 2.20 bits per heavy atom. The molecule has 0 amide bonds. The normalized spacial score (nSPS) is 8.00. The van der Waals surface area contributed by atoms with Crippen LogP contribution in [0.3, 0.4) is 0 Å². The molecule has 0 aliphatic carbocycles. The molecule has 0 aromatic rings. The average molecular weight is 190 g/mol. The molecule has 1 N–H and O–H groups in total. The van der Waals surface area contributed by atoms with Crippen LogP contribution in [0.2, 0.25) is 0 Å². The Kier molecular flexibility index (Phi) is 7.88. The second-order valence-corrected chi connectivity index (χ2v) is 1.29. The summed E-state index contributed by atoms with van der Waals surface area (Å²) >= 11 is 0. The molecular weight excluding hydrogens is 185 g/mol. The Morgan fingerprint density at radius 2 is 1.90 bits per heavy atom. The molecule has 5 nitrogen and oxygen atoms in total. The maximum absolute atomic E-state index is 9.75. The number of hydrogen-bond acceptors (Lipinski definition) is 5. The van der Waals surface area contributed by atoms with Gasteiger partial charge in [-0.2, -0.15) is 0 Å². The second-order valence-electron chi connectivity index (χ2n) is 1.29. The molecule has 0 aliphatic heterocycles. The molecule has 0 unspecified atom stereocenters. The summed E-state index contributed by atoms with van der Waals surface area (Å²) < 4.78 is 4.16. The first-order chi connectivity index (χ1) is 4.13. The number of nitrogens with one attached hydrogen (secondary N) is 1. The maximum Gasteiger partial charge on any atom is 2.00 e. The van der Waals surface area contributed by atoms with Gasteiger partial charge in [-0.3, -0.25) is 0 Å². The maximum atomic E-state index is 9.75. The zero-order chi connectivity index (χ0) is 7.28. The van der Waals surface area contributed by atoms with E-state index in [0.29, 0.717) is 0 Å². The predicted octanol–water partition coefficient (Wildman–Crippen LogP) is -2.91. The Balaban J connectivity index is 0. The van der Waals surface area contributed by atoms with Crippen molar-refractivity contribution in [3.63, 3.8) is 0 Å². The standard InChI is InChI=1S/C4H7NO4.Ni/c5-3(6)1-9-2-4(7)8;/h1-2H2,(H2,5,6)(H,7,8);/q;+2/p-2. The quantitative estimate of drug-likeness (QED) is 0.291. The first-order valence-corrected chi connectivity index (χ1v) is 2.15. The number of rotatable bonds is 4. The van der Waals surface area contributed by atoms with E-state index in [9.17, 15) is 15.0 Å². The van der Waals surface area contributed by atoms with Crippen LogP contribution in [0.4, 0.5) is 0 Å². The van der Waals surface area contributed by atoms with E-state index in [1.807, 2.05) is 0 Å². The number of ether oxygens (including phenoxy) is 1. The molecule has 0 spiro atoms. The van der Waals surface area contributed by atoms with Gasteiger partial charge in [0.2, 0.25) is 0 Å². The molecule has 0 rings (SSSR count). The minimum Gasteiger partial charge on any atom is -0.861 e. The molecule has 0 aliphatic rings. The number of carboxylic acid groups (broad SMARTS) is 1. The Hall–Kier alpha value is -0.606. The van der Waals surface area contributed by atoms with Crippen molar-refractivity contribution in [3.05, 3.63) is 0 Å². The van der Waals surface area contributed by atoms with Crippen molar-refractivity contribution in [2.45, 2.75) is 0 Å². The first-order valence-electron chi connectivity index (χ1n) is 2.15. The van der Waals surface area contributed by atoms with Crippen LogP contribution in [-0.4, -0.2) is 25.1 Å². The van der Waals surface area contributed by atoms with Crippen molar-refractivity contribution in [1.29, 1.82) is 5.41 Å². The number of aliphatic carboxylic acids is 1. The smallest absolute Gasteiger partial charge is 0.861 e. The summed E-state index contributed by atoms with van der Waals surface area (Å²) in [4.78, 5) is 9.57. The molecule has 0 saturated heterocycles. The molecular formula is C4H5NNiO4. The summed E-state index contributed by atoms with van der Waals surface area (Å²) in [6, 6.07) is 0. The van der Waals surface area contributed by atoms with E-state index in [4.69, 9.17) is 5.41 Å². The number of hydrogen-bond donors (Lipinski definition) is 1. The third kappa shape index (κ3) is 10.4. The minimum absolute atomic E-state index is 0. The fourth-order valence-corrected chi connectivity index (χ4v) is 0.227. The molecule has 6 heteroatoms. The molecule has 0 aromatic carbocycles. The van der Waals surface area contributed by atoms with Gasteiger partial charge >= 0.3 is 16.5 Å². The molecule has 60 valence electrons. The third-order valence-corrected chi connectivity index (χ3v) is 0.453. The minimum atomic E-state index is -1.39. The van der Waals surface area contributed by atoms with Crippen molar-refractivity contribution in [2.24, 2.45) is 0 Å². The molecule has 10 heavy (non-hydrogen) atoms. The van der Waals surface area contributed by atoms with Crippen LogP contribution in [0, 0.1) is 5.41 Å². The van der Waals surface area contributed by atoms with E-state index >= 15 is 0 Å². The van der Waals surface area contributed by atoms with Crippen LogP contribution in [0.5, 0.6) is 0 Å². The van der Waals surface area contributed by atoms with E-state index < -0.39 is 25.1 Å². The van der Waals surface area contributed by atoms with Gasteiger partial charge in [0.15, 0.2) is 0 Å². The van der Waals surface area contributed by atoms with E-state index in [0.717, 1.165) is 0 Å².